The second kappa shape index (κ2) is 5.59. The maximum absolute atomic E-state index is 12.0. The number of carbonyl (C=O) groups is 1. The van der Waals surface area contributed by atoms with E-state index in [0.29, 0.717) is 17.9 Å². The van der Waals surface area contributed by atoms with E-state index in [-0.39, 0.29) is 12.1 Å². The van der Waals surface area contributed by atoms with E-state index in [1.54, 1.807) is 24.0 Å². The van der Waals surface area contributed by atoms with Crippen molar-refractivity contribution in [2.75, 3.05) is 11.5 Å². The molecular formula is C14H19NO4. The predicted molar refractivity (Wildman–Crippen MR) is 70.9 cm³/mol. The van der Waals surface area contributed by atoms with Gasteiger partial charge in [0.2, 0.25) is 0 Å². The van der Waals surface area contributed by atoms with Gasteiger partial charge >= 0.3 is 6.09 Å². The summed E-state index contributed by atoms with van der Waals surface area (Å²) < 4.78 is 5.07. The Balaban J connectivity index is 2.41. The smallest absolute Gasteiger partial charge is 0.414 e. The first-order chi connectivity index (χ1) is 9.04. The van der Waals surface area contributed by atoms with Gasteiger partial charge in [0.25, 0.3) is 0 Å². The van der Waals surface area contributed by atoms with Gasteiger partial charge in [-0.15, -0.1) is 0 Å². The molecule has 1 aromatic rings. The molecule has 0 aromatic heterocycles. The Kier molecular flexibility index (Phi) is 4.07. The summed E-state index contributed by atoms with van der Waals surface area (Å²) in [4.78, 5) is 13.6. The predicted octanol–water partition coefficient (Wildman–Crippen LogP) is 1.97. The fourth-order valence-electron chi connectivity index (χ4n) is 2.38. The third-order valence-corrected chi connectivity index (χ3v) is 3.40. The van der Waals surface area contributed by atoms with Crippen molar-refractivity contribution in [3.63, 3.8) is 0 Å². The summed E-state index contributed by atoms with van der Waals surface area (Å²) in [5.41, 5.74) is 2.11. The molecule has 1 aromatic carbocycles. The van der Waals surface area contributed by atoms with Crippen molar-refractivity contribution in [1.29, 1.82) is 0 Å². The highest BCUT2D eigenvalue weighted by molar-refractivity contribution is 5.90. The van der Waals surface area contributed by atoms with Crippen molar-refractivity contribution in [1.82, 2.24) is 0 Å². The maximum Gasteiger partial charge on any atom is 0.414 e. The molecule has 0 fully saturated rings. The molecule has 0 aliphatic carbocycles. The maximum atomic E-state index is 12.0. The molecule has 19 heavy (non-hydrogen) atoms. The summed E-state index contributed by atoms with van der Waals surface area (Å²) in [5.74, 6) is 0. The third kappa shape index (κ3) is 2.72. The first kappa shape index (κ1) is 13.8. The highest BCUT2D eigenvalue weighted by Gasteiger charge is 2.29. The topological polar surface area (TPSA) is 70.0 Å². The van der Waals surface area contributed by atoms with E-state index >= 15 is 0 Å². The minimum atomic E-state index is -1.54. The number of anilines is 1. The number of ether oxygens (including phenoxy) is 1. The van der Waals surface area contributed by atoms with Crippen molar-refractivity contribution in [2.24, 2.45) is 0 Å². The molecule has 1 heterocycles. The lowest BCUT2D eigenvalue weighted by Gasteiger charge is -2.34. The van der Waals surface area contributed by atoms with Gasteiger partial charge in [-0.1, -0.05) is 12.1 Å². The Morgan fingerprint density at radius 1 is 1.53 bits per heavy atom. The number of nitrogens with zero attached hydrogens (tertiary/aromatic N) is 1. The van der Waals surface area contributed by atoms with E-state index in [0.717, 1.165) is 18.4 Å². The lowest BCUT2D eigenvalue weighted by Crippen LogP contribution is -2.42. The van der Waals surface area contributed by atoms with Crippen LogP contribution in [-0.2, 0) is 11.2 Å². The highest BCUT2D eigenvalue weighted by Crippen LogP contribution is 2.33. The van der Waals surface area contributed by atoms with Gasteiger partial charge in [-0.05, 0) is 38.3 Å². The van der Waals surface area contributed by atoms with Crippen LogP contribution in [0.2, 0.25) is 0 Å². The lowest BCUT2D eigenvalue weighted by atomic mass is 9.95. The van der Waals surface area contributed by atoms with Crippen LogP contribution in [0.1, 0.15) is 37.7 Å². The van der Waals surface area contributed by atoms with Crippen LogP contribution in [-0.4, -0.2) is 29.0 Å². The zero-order chi connectivity index (χ0) is 14.0. The van der Waals surface area contributed by atoms with E-state index in [1.165, 1.54) is 0 Å². The van der Waals surface area contributed by atoms with Crippen molar-refractivity contribution in [3.05, 3.63) is 29.3 Å². The molecule has 1 aliphatic heterocycles. The minimum Gasteiger partial charge on any atom is -0.449 e. The largest absolute Gasteiger partial charge is 0.449 e. The Morgan fingerprint density at radius 2 is 2.26 bits per heavy atom. The molecule has 1 unspecified atom stereocenters. The minimum absolute atomic E-state index is 0.0395. The molecule has 0 saturated carbocycles. The first-order valence-electron chi connectivity index (χ1n) is 6.49. The molecule has 5 nitrogen and oxygen atoms in total. The SMILES string of the molecule is CCOC(=O)N1c2cc(C(O)O)ccc2CCC1C. The average Bonchev–Trinajstić information content (AvgIpc) is 2.37. The Bertz CT molecular complexity index is 473. The molecule has 0 spiro atoms. The fraction of sp³-hybridized carbons (Fsp3) is 0.500. The number of hydrogen-bond donors (Lipinski definition) is 2. The van der Waals surface area contributed by atoms with E-state index < -0.39 is 6.29 Å². The zero-order valence-electron chi connectivity index (χ0n) is 11.2. The van der Waals surface area contributed by atoms with Crippen molar-refractivity contribution >= 4 is 11.8 Å². The number of carbonyl (C=O) groups excluding carboxylic acids is 1. The Morgan fingerprint density at radius 3 is 2.89 bits per heavy atom. The molecule has 5 heteroatoms. The molecule has 1 atom stereocenters. The number of benzene rings is 1. The second-order valence-electron chi connectivity index (χ2n) is 4.72. The van der Waals surface area contributed by atoms with Gasteiger partial charge in [0.1, 0.15) is 0 Å². The molecule has 1 amide bonds. The molecular weight excluding hydrogens is 246 g/mol. The lowest BCUT2D eigenvalue weighted by molar-refractivity contribution is -0.0424. The summed E-state index contributed by atoms with van der Waals surface area (Å²) in [6.07, 6.45) is -0.187. The van der Waals surface area contributed by atoms with Gasteiger partial charge in [-0.2, -0.15) is 0 Å². The summed E-state index contributed by atoms with van der Waals surface area (Å²) in [5, 5.41) is 18.5. The monoisotopic (exact) mass is 265 g/mol. The second-order valence-corrected chi connectivity index (χ2v) is 4.72. The quantitative estimate of drug-likeness (QED) is 0.802. The van der Waals surface area contributed by atoms with Gasteiger partial charge < -0.3 is 14.9 Å². The summed E-state index contributed by atoms with van der Waals surface area (Å²) in [6, 6.07) is 5.19. The molecule has 0 radical (unpaired) electrons. The molecule has 104 valence electrons. The molecule has 2 rings (SSSR count). The molecule has 0 bridgehead atoms. The van der Waals surface area contributed by atoms with E-state index in [2.05, 4.69) is 0 Å². The van der Waals surface area contributed by atoms with Crippen LogP contribution in [0.4, 0.5) is 10.5 Å². The van der Waals surface area contributed by atoms with Gasteiger partial charge in [-0.25, -0.2) is 4.79 Å². The third-order valence-electron chi connectivity index (χ3n) is 3.40. The van der Waals surface area contributed by atoms with Crippen LogP contribution in [0, 0.1) is 0 Å². The summed E-state index contributed by atoms with van der Waals surface area (Å²) in [7, 11) is 0. The van der Waals surface area contributed by atoms with E-state index in [1.807, 2.05) is 13.0 Å². The van der Waals surface area contributed by atoms with Gasteiger partial charge in [0.15, 0.2) is 6.29 Å². The van der Waals surface area contributed by atoms with Crippen molar-refractivity contribution in [2.45, 2.75) is 39.0 Å². The molecule has 2 N–H and O–H groups in total. The first-order valence-corrected chi connectivity index (χ1v) is 6.49. The number of aliphatic hydroxyl groups excluding tert-OH is 1. The highest BCUT2D eigenvalue weighted by atomic mass is 16.6. The number of amides is 1. The molecule has 0 saturated heterocycles. The number of hydrogen-bond acceptors (Lipinski definition) is 4. The van der Waals surface area contributed by atoms with Crippen LogP contribution >= 0.6 is 0 Å². The van der Waals surface area contributed by atoms with E-state index in [4.69, 9.17) is 4.74 Å². The standard InChI is InChI=1S/C14H19NO4/c1-3-19-14(18)15-9(2)4-5-10-6-7-11(13(16)17)8-12(10)15/h6-9,13,16-17H,3-5H2,1-2H3. The summed E-state index contributed by atoms with van der Waals surface area (Å²) >= 11 is 0. The van der Waals surface area contributed by atoms with Gasteiger partial charge in [0.05, 0.1) is 12.3 Å². The van der Waals surface area contributed by atoms with Crippen molar-refractivity contribution < 1.29 is 19.7 Å². The van der Waals surface area contributed by atoms with E-state index in [9.17, 15) is 15.0 Å². The summed E-state index contributed by atoms with van der Waals surface area (Å²) in [6.45, 7) is 4.04. The molecule has 1 aliphatic rings. The Labute approximate surface area is 112 Å². The normalized spacial score (nSPS) is 18.4. The van der Waals surface area contributed by atoms with Crippen LogP contribution in [0.25, 0.3) is 0 Å². The van der Waals surface area contributed by atoms with Crippen LogP contribution in [0.3, 0.4) is 0 Å². The number of fused-ring (bicyclic) bond motifs is 1. The average molecular weight is 265 g/mol. The number of aryl methyl sites for hydroxylation is 1. The van der Waals surface area contributed by atoms with Crippen LogP contribution in [0.5, 0.6) is 0 Å². The zero-order valence-corrected chi connectivity index (χ0v) is 11.2. The van der Waals surface area contributed by atoms with Crippen LogP contribution in [0.15, 0.2) is 18.2 Å². The fourth-order valence-corrected chi connectivity index (χ4v) is 2.38. The number of rotatable bonds is 2. The van der Waals surface area contributed by atoms with Crippen molar-refractivity contribution in [3.8, 4) is 0 Å². The van der Waals surface area contributed by atoms with Gasteiger partial charge in [0, 0.05) is 11.6 Å². The Hall–Kier alpha value is -1.59. The van der Waals surface area contributed by atoms with Crippen LogP contribution < -0.4 is 4.90 Å². The van der Waals surface area contributed by atoms with Gasteiger partial charge in [-0.3, -0.25) is 4.90 Å². The number of aliphatic hydroxyl groups is 2.